The van der Waals surface area contributed by atoms with E-state index in [-0.39, 0.29) is 12.4 Å². The van der Waals surface area contributed by atoms with Gasteiger partial charge < -0.3 is 5.32 Å². The number of unbranched alkanes of at least 4 members (excludes halogenated alkanes) is 1. The number of nitrogens with one attached hydrogen (secondary N) is 2. The van der Waals surface area contributed by atoms with Crippen LogP contribution in [0.4, 0.5) is 9.18 Å². The van der Waals surface area contributed by atoms with Crippen LogP contribution in [0, 0.1) is 5.82 Å². The predicted octanol–water partition coefficient (Wildman–Crippen LogP) is 1.88. The second kappa shape index (κ2) is 9.07. The lowest BCUT2D eigenvalue weighted by atomic mass is 10.2. The minimum atomic E-state index is -0.493. The number of carbonyl (C=O) groups excluding carboxylic acids is 2. The molecule has 0 radical (unpaired) electrons. The third-order valence-corrected chi connectivity index (χ3v) is 2.88. The van der Waals surface area contributed by atoms with E-state index in [0.717, 1.165) is 12.8 Å². The molecule has 0 aliphatic heterocycles. The van der Waals surface area contributed by atoms with Crippen LogP contribution in [-0.2, 0) is 11.3 Å². The molecule has 0 fully saturated rings. The van der Waals surface area contributed by atoms with Crippen LogP contribution in [0.25, 0.3) is 0 Å². The van der Waals surface area contributed by atoms with E-state index in [1.165, 1.54) is 6.07 Å². The minimum absolute atomic E-state index is 0.0233. The van der Waals surface area contributed by atoms with Crippen molar-refractivity contribution in [1.29, 1.82) is 0 Å². The fourth-order valence-corrected chi connectivity index (χ4v) is 1.81. The number of carbonyl (C=O) groups is 2. The maximum absolute atomic E-state index is 13.5. The molecule has 6 heteroatoms. The molecular weight excluding hydrogens is 273 g/mol. The topological polar surface area (TPSA) is 61.4 Å². The Hall–Kier alpha value is -1.95. The maximum atomic E-state index is 13.5. The highest BCUT2D eigenvalue weighted by Gasteiger charge is 2.11. The number of amides is 3. The number of hydrogen-bond donors (Lipinski definition) is 2. The molecule has 0 atom stereocenters. The number of benzene rings is 1. The van der Waals surface area contributed by atoms with Crippen molar-refractivity contribution in [1.82, 2.24) is 15.5 Å². The van der Waals surface area contributed by atoms with Crippen LogP contribution in [0.5, 0.6) is 0 Å². The van der Waals surface area contributed by atoms with E-state index in [9.17, 15) is 14.0 Å². The number of imide groups is 1. The molecule has 0 unspecified atom stereocenters. The lowest BCUT2D eigenvalue weighted by Gasteiger charge is -2.16. The highest BCUT2D eigenvalue weighted by Crippen LogP contribution is 2.08. The number of hydrogen-bond acceptors (Lipinski definition) is 3. The van der Waals surface area contributed by atoms with Crippen molar-refractivity contribution in [3.63, 3.8) is 0 Å². The Bertz CT molecular complexity index is 480. The zero-order valence-corrected chi connectivity index (χ0v) is 12.5. The van der Waals surface area contributed by atoms with Crippen LogP contribution >= 0.6 is 0 Å². The lowest BCUT2D eigenvalue weighted by Crippen LogP contribution is -2.43. The molecule has 1 rings (SSSR count). The lowest BCUT2D eigenvalue weighted by molar-refractivity contribution is -0.121. The summed E-state index contributed by atoms with van der Waals surface area (Å²) < 4.78 is 13.5. The highest BCUT2D eigenvalue weighted by atomic mass is 19.1. The summed E-state index contributed by atoms with van der Waals surface area (Å²) >= 11 is 0. The average Bonchev–Trinajstić information content (AvgIpc) is 2.41. The van der Waals surface area contributed by atoms with E-state index in [4.69, 9.17) is 0 Å². The van der Waals surface area contributed by atoms with Gasteiger partial charge in [0.25, 0.3) is 0 Å². The molecule has 116 valence electrons. The Morgan fingerprint density at radius 1 is 1.29 bits per heavy atom. The molecule has 0 aromatic heterocycles. The van der Waals surface area contributed by atoms with Crippen LogP contribution < -0.4 is 10.6 Å². The molecule has 3 amide bonds. The first kappa shape index (κ1) is 17.1. The minimum Gasteiger partial charge on any atom is -0.338 e. The van der Waals surface area contributed by atoms with Gasteiger partial charge in [-0.2, -0.15) is 0 Å². The van der Waals surface area contributed by atoms with Crippen molar-refractivity contribution in [3.05, 3.63) is 35.6 Å². The predicted molar refractivity (Wildman–Crippen MR) is 79.2 cm³/mol. The smallest absolute Gasteiger partial charge is 0.321 e. The van der Waals surface area contributed by atoms with Gasteiger partial charge in [-0.15, -0.1) is 0 Å². The summed E-state index contributed by atoms with van der Waals surface area (Å²) in [6.07, 6.45) is 1.84. The summed E-state index contributed by atoms with van der Waals surface area (Å²) in [6, 6.07) is 5.92. The molecule has 0 saturated heterocycles. The standard InChI is InChI=1S/C15H22FN3O2/c1-3-4-9-17-15(21)18-14(20)11-19(2)10-12-7-5-6-8-13(12)16/h5-8H,3-4,9-11H2,1-2H3,(H2,17,18,20,21). The van der Waals surface area contributed by atoms with Gasteiger partial charge >= 0.3 is 6.03 Å². The Kier molecular flexibility index (Phi) is 7.39. The Morgan fingerprint density at radius 2 is 2.00 bits per heavy atom. The van der Waals surface area contributed by atoms with Gasteiger partial charge in [-0.25, -0.2) is 9.18 Å². The Balaban J connectivity index is 2.34. The first-order chi connectivity index (χ1) is 10.0. The molecule has 1 aromatic rings. The summed E-state index contributed by atoms with van der Waals surface area (Å²) in [4.78, 5) is 24.7. The molecule has 0 bridgehead atoms. The summed E-state index contributed by atoms with van der Waals surface area (Å²) in [5.41, 5.74) is 0.514. The van der Waals surface area contributed by atoms with Gasteiger partial charge in [-0.3, -0.25) is 15.0 Å². The van der Waals surface area contributed by atoms with E-state index >= 15 is 0 Å². The molecule has 0 aliphatic rings. The van der Waals surface area contributed by atoms with E-state index in [1.807, 2.05) is 6.92 Å². The summed E-state index contributed by atoms with van der Waals surface area (Å²) in [7, 11) is 1.70. The van der Waals surface area contributed by atoms with E-state index in [2.05, 4.69) is 10.6 Å². The number of urea groups is 1. The Morgan fingerprint density at radius 3 is 2.67 bits per heavy atom. The third-order valence-electron chi connectivity index (χ3n) is 2.88. The summed E-state index contributed by atoms with van der Waals surface area (Å²) in [5.74, 6) is -0.718. The van der Waals surface area contributed by atoms with Crippen molar-refractivity contribution in [2.24, 2.45) is 0 Å². The first-order valence-electron chi connectivity index (χ1n) is 7.02. The molecule has 21 heavy (non-hydrogen) atoms. The van der Waals surface area contributed by atoms with Crippen molar-refractivity contribution >= 4 is 11.9 Å². The number of likely N-dealkylation sites (N-methyl/N-ethyl adjacent to an activating group) is 1. The second-order valence-electron chi connectivity index (χ2n) is 4.92. The van der Waals surface area contributed by atoms with Gasteiger partial charge in [0.1, 0.15) is 5.82 Å². The van der Waals surface area contributed by atoms with Gasteiger partial charge in [0, 0.05) is 18.7 Å². The molecule has 0 saturated carbocycles. The van der Waals surface area contributed by atoms with Crippen molar-refractivity contribution in [2.75, 3.05) is 20.1 Å². The number of nitrogens with zero attached hydrogens (tertiary/aromatic N) is 1. The first-order valence-corrected chi connectivity index (χ1v) is 7.02. The molecule has 0 heterocycles. The van der Waals surface area contributed by atoms with Crippen LogP contribution in [-0.4, -0.2) is 37.0 Å². The average molecular weight is 295 g/mol. The molecule has 0 aliphatic carbocycles. The van der Waals surface area contributed by atoms with Gasteiger partial charge in [0.2, 0.25) is 5.91 Å². The van der Waals surface area contributed by atoms with Crippen LogP contribution in [0.2, 0.25) is 0 Å². The van der Waals surface area contributed by atoms with Gasteiger partial charge in [-0.05, 0) is 19.5 Å². The quantitative estimate of drug-likeness (QED) is 0.755. The molecule has 2 N–H and O–H groups in total. The zero-order valence-electron chi connectivity index (χ0n) is 12.5. The zero-order chi connectivity index (χ0) is 15.7. The van der Waals surface area contributed by atoms with Crippen LogP contribution in [0.15, 0.2) is 24.3 Å². The molecule has 0 spiro atoms. The van der Waals surface area contributed by atoms with Gasteiger partial charge in [0.05, 0.1) is 6.54 Å². The van der Waals surface area contributed by atoms with Crippen molar-refractivity contribution < 1.29 is 14.0 Å². The van der Waals surface area contributed by atoms with Crippen LogP contribution in [0.3, 0.4) is 0 Å². The number of rotatable bonds is 7. The van der Waals surface area contributed by atoms with Gasteiger partial charge in [-0.1, -0.05) is 31.5 Å². The highest BCUT2D eigenvalue weighted by molar-refractivity contribution is 5.95. The van der Waals surface area contributed by atoms with E-state index < -0.39 is 11.9 Å². The fraction of sp³-hybridized carbons (Fsp3) is 0.467. The largest absolute Gasteiger partial charge is 0.338 e. The van der Waals surface area contributed by atoms with E-state index in [0.29, 0.717) is 18.7 Å². The van der Waals surface area contributed by atoms with Crippen molar-refractivity contribution in [2.45, 2.75) is 26.3 Å². The third kappa shape index (κ3) is 6.85. The Labute approximate surface area is 124 Å². The second-order valence-corrected chi connectivity index (χ2v) is 4.92. The fourth-order valence-electron chi connectivity index (χ4n) is 1.81. The maximum Gasteiger partial charge on any atom is 0.321 e. The monoisotopic (exact) mass is 295 g/mol. The SMILES string of the molecule is CCCCNC(=O)NC(=O)CN(C)Cc1ccccc1F. The molecule has 5 nitrogen and oxygen atoms in total. The summed E-state index contributed by atoms with van der Waals surface area (Å²) in [5, 5.41) is 4.84. The van der Waals surface area contributed by atoms with E-state index in [1.54, 1.807) is 30.1 Å². The van der Waals surface area contributed by atoms with Gasteiger partial charge in [0.15, 0.2) is 0 Å². The molecular formula is C15H22FN3O2. The normalized spacial score (nSPS) is 10.5. The summed E-state index contributed by atoms with van der Waals surface area (Å²) in [6.45, 7) is 2.89. The van der Waals surface area contributed by atoms with Crippen LogP contribution in [0.1, 0.15) is 25.3 Å². The van der Waals surface area contributed by atoms with Crippen molar-refractivity contribution in [3.8, 4) is 0 Å². The molecule has 1 aromatic carbocycles. The number of halogens is 1.